The molecule has 0 aliphatic carbocycles. The lowest BCUT2D eigenvalue weighted by molar-refractivity contribution is -0.610. The molecule has 0 fully saturated rings. The van der Waals surface area contributed by atoms with Crippen LogP contribution in [0.1, 0.15) is 22.6 Å². The van der Waals surface area contributed by atoms with Gasteiger partial charge < -0.3 is 0 Å². The van der Waals surface area contributed by atoms with E-state index in [9.17, 15) is 0 Å². The monoisotopic (exact) mass is 415 g/mol. The number of hydrogen-bond donors (Lipinski definition) is 0. The molecule has 3 aromatic carbocycles. The van der Waals surface area contributed by atoms with Crippen LogP contribution in [-0.4, -0.2) is 0 Å². The van der Waals surface area contributed by atoms with Crippen LogP contribution in [0.2, 0.25) is 0 Å². The summed E-state index contributed by atoms with van der Waals surface area (Å²) >= 11 is 0. The van der Waals surface area contributed by atoms with Crippen LogP contribution in [-0.2, 0) is 0 Å². The average Bonchev–Trinajstić information content (AvgIpc) is 2.80. The lowest BCUT2D eigenvalue weighted by Crippen LogP contribution is -2.41. The van der Waals surface area contributed by atoms with Crippen LogP contribution in [0.5, 0.6) is 0 Å². The molecule has 0 bridgehead atoms. The first-order chi connectivity index (χ1) is 15.5. The van der Waals surface area contributed by atoms with Crippen LogP contribution in [0.3, 0.4) is 0 Å². The molecule has 32 heavy (non-hydrogen) atoms. The van der Waals surface area contributed by atoms with Crippen LogP contribution in [0.25, 0.3) is 37.9 Å². The molecule has 0 atom stereocenters. The quantitative estimate of drug-likeness (QED) is 0.236. The summed E-state index contributed by atoms with van der Waals surface area (Å²) < 4.78 is 4.56. The Hall–Kier alpha value is -4.03. The minimum Gasteiger partial charge on any atom is -0.238 e. The van der Waals surface area contributed by atoms with Crippen LogP contribution in [0, 0.1) is 34.3 Å². The summed E-state index contributed by atoms with van der Waals surface area (Å²) in [6.07, 6.45) is 0. The molecule has 0 saturated heterocycles. The topological polar surface area (TPSA) is 12.1 Å². The summed E-state index contributed by atoms with van der Waals surface area (Å²) in [6, 6.07) is 27.4. The molecular weight excluding hydrogens is 390 g/mol. The molecule has 3 nitrogen and oxygen atoms in total. The zero-order chi connectivity index (χ0) is 22.4. The van der Waals surface area contributed by atoms with E-state index in [1.807, 2.05) is 12.1 Å². The molecule has 5 aromatic rings. The summed E-state index contributed by atoms with van der Waals surface area (Å²) in [5.41, 5.74) is 8.48. The van der Waals surface area contributed by atoms with Crippen molar-refractivity contribution in [3.63, 3.8) is 0 Å². The summed E-state index contributed by atoms with van der Waals surface area (Å²) in [6.45, 7) is 16.4. The van der Waals surface area contributed by atoms with Gasteiger partial charge in [0, 0.05) is 61.9 Å². The molecule has 2 aromatic heterocycles. The van der Waals surface area contributed by atoms with Crippen LogP contribution in [0.4, 0.5) is 5.69 Å². The highest BCUT2D eigenvalue weighted by molar-refractivity contribution is 5.84. The number of pyridine rings is 2. The van der Waals surface area contributed by atoms with Gasteiger partial charge in [-0.05, 0) is 30.5 Å². The third-order valence-electron chi connectivity index (χ3n) is 6.39. The fraction of sp³-hybridized carbons (Fsp3) is 0.138. The van der Waals surface area contributed by atoms with E-state index in [1.54, 1.807) is 0 Å². The van der Waals surface area contributed by atoms with Gasteiger partial charge in [-0.15, -0.1) is 0 Å². The maximum Gasteiger partial charge on any atom is 0.218 e. The molecule has 154 valence electrons. The van der Waals surface area contributed by atoms with Crippen molar-refractivity contribution in [3.05, 3.63) is 113 Å². The zero-order valence-corrected chi connectivity index (χ0v) is 18.8. The summed E-state index contributed by atoms with van der Waals surface area (Å²) in [5.74, 6) is 0. The van der Waals surface area contributed by atoms with Gasteiger partial charge in [0.15, 0.2) is 22.8 Å². The van der Waals surface area contributed by atoms with E-state index in [-0.39, 0.29) is 0 Å². The number of fused-ring (bicyclic) bond motifs is 2. The molecule has 0 aliphatic heterocycles. The van der Waals surface area contributed by atoms with Gasteiger partial charge in [0.2, 0.25) is 16.9 Å². The SMILES string of the molecule is [C-]#[N+]c1cc(-[n+]2c(C)cc3ccccc3c2C)c(C)c(-[n+]2c(C)ccc3ccccc32)c1. The average molecular weight is 416 g/mol. The van der Waals surface area contributed by atoms with Gasteiger partial charge in [-0.3, -0.25) is 0 Å². The molecule has 0 spiro atoms. The van der Waals surface area contributed by atoms with Gasteiger partial charge in [0.1, 0.15) is 0 Å². The van der Waals surface area contributed by atoms with Gasteiger partial charge in [0.25, 0.3) is 0 Å². The van der Waals surface area contributed by atoms with Crippen LogP contribution >= 0.6 is 0 Å². The van der Waals surface area contributed by atoms with E-state index in [0.717, 1.165) is 33.8 Å². The largest absolute Gasteiger partial charge is 0.238 e. The van der Waals surface area contributed by atoms with Crippen molar-refractivity contribution in [2.24, 2.45) is 0 Å². The van der Waals surface area contributed by atoms with E-state index >= 15 is 0 Å². The number of rotatable bonds is 2. The molecule has 0 N–H and O–H groups in total. The molecule has 0 radical (unpaired) electrons. The second kappa shape index (κ2) is 7.59. The van der Waals surface area contributed by atoms with Gasteiger partial charge >= 0.3 is 0 Å². The van der Waals surface area contributed by atoms with Gasteiger partial charge in [-0.2, -0.15) is 9.13 Å². The molecule has 2 heterocycles. The number of aromatic nitrogens is 2. The van der Waals surface area contributed by atoms with E-state index in [4.69, 9.17) is 6.57 Å². The second-order valence-electron chi connectivity index (χ2n) is 8.38. The van der Waals surface area contributed by atoms with E-state index in [0.29, 0.717) is 5.69 Å². The van der Waals surface area contributed by atoms with Gasteiger partial charge in [-0.25, -0.2) is 4.85 Å². The third kappa shape index (κ3) is 3.04. The Morgan fingerprint density at radius 3 is 2.06 bits per heavy atom. The Kier molecular flexibility index (Phi) is 4.72. The van der Waals surface area contributed by atoms with E-state index in [2.05, 4.69) is 108 Å². The number of hydrogen-bond acceptors (Lipinski definition) is 0. The second-order valence-corrected chi connectivity index (χ2v) is 8.38. The normalized spacial score (nSPS) is 11.1. The van der Waals surface area contributed by atoms with Crippen molar-refractivity contribution < 1.29 is 9.13 Å². The van der Waals surface area contributed by atoms with Crippen molar-refractivity contribution in [1.82, 2.24) is 0 Å². The van der Waals surface area contributed by atoms with Crippen LogP contribution in [0.15, 0.2) is 78.9 Å². The molecular formula is C29H25N3+2. The van der Waals surface area contributed by atoms with Crippen LogP contribution < -0.4 is 9.13 Å². The predicted molar refractivity (Wildman–Crippen MR) is 130 cm³/mol. The van der Waals surface area contributed by atoms with Crippen molar-refractivity contribution in [2.45, 2.75) is 27.7 Å². The molecule has 5 rings (SSSR count). The number of para-hydroxylation sites is 1. The minimum absolute atomic E-state index is 0.639. The van der Waals surface area contributed by atoms with Crippen molar-refractivity contribution >= 4 is 27.4 Å². The van der Waals surface area contributed by atoms with Gasteiger partial charge in [-0.1, -0.05) is 30.3 Å². The summed E-state index contributed by atoms with van der Waals surface area (Å²) in [7, 11) is 0. The predicted octanol–water partition coefficient (Wildman–Crippen LogP) is 6.33. The van der Waals surface area contributed by atoms with E-state index in [1.165, 1.54) is 21.9 Å². The van der Waals surface area contributed by atoms with Crippen molar-refractivity contribution in [1.29, 1.82) is 0 Å². The standard InChI is InChI=1S/C29H25N3/c1-19-14-15-23-10-7-9-13-27(23)32(19)29-18-25(30-5)17-28(21(29)3)31-20(2)16-24-11-6-8-12-26(24)22(31)4/h6-18H,1-4H3/q+2. The number of nitrogens with zero attached hydrogens (tertiary/aromatic N) is 3. The fourth-order valence-corrected chi connectivity index (χ4v) is 4.82. The first-order valence-electron chi connectivity index (χ1n) is 10.8. The number of aryl methyl sites for hydroxylation is 3. The first-order valence-corrected chi connectivity index (χ1v) is 10.8. The summed E-state index contributed by atoms with van der Waals surface area (Å²) in [4.78, 5) is 3.84. The minimum atomic E-state index is 0.639. The molecule has 0 unspecified atom stereocenters. The summed E-state index contributed by atoms with van der Waals surface area (Å²) in [5, 5.41) is 3.64. The third-order valence-corrected chi connectivity index (χ3v) is 6.39. The van der Waals surface area contributed by atoms with Gasteiger partial charge in [0.05, 0.1) is 12.1 Å². The Labute approximate surface area is 188 Å². The molecule has 0 saturated carbocycles. The van der Waals surface area contributed by atoms with Crippen molar-refractivity contribution in [2.75, 3.05) is 0 Å². The highest BCUT2D eigenvalue weighted by Crippen LogP contribution is 2.27. The zero-order valence-electron chi connectivity index (χ0n) is 18.8. The maximum absolute atomic E-state index is 7.79. The fourth-order valence-electron chi connectivity index (χ4n) is 4.82. The Morgan fingerprint density at radius 2 is 1.31 bits per heavy atom. The Balaban J connectivity index is 1.88. The molecule has 0 aliphatic rings. The lowest BCUT2D eigenvalue weighted by Gasteiger charge is -2.12. The number of benzene rings is 3. The smallest absolute Gasteiger partial charge is 0.218 e. The maximum atomic E-state index is 7.79. The van der Waals surface area contributed by atoms with Crippen molar-refractivity contribution in [3.8, 4) is 11.4 Å². The van der Waals surface area contributed by atoms with E-state index < -0.39 is 0 Å². The highest BCUT2D eigenvalue weighted by atomic mass is 15.0. The highest BCUT2D eigenvalue weighted by Gasteiger charge is 2.27. The molecule has 0 amide bonds. The molecule has 3 heteroatoms. The lowest BCUT2D eigenvalue weighted by atomic mass is 10.0. The Bertz CT molecular complexity index is 1570. The first kappa shape index (κ1) is 19.9. The Morgan fingerprint density at radius 1 is 0.656 bits per heavy atom.